The van der Waals surface area contributed by atoms with Gasteiger partial charge in [-0.15, -0.1) is 0 Å². The molecule has 0 spiro atoms. The summed E-state index contributed by atoms with van der Waals surface area (Å²) in [5.74, 6) is -0.965. The molecule has 1 aromatic carbocycles. The van der Waals surface area contributed by atoms with E-state index in [1.165, 1.54) is 19.2 Å². The van der Waals surface area contributed by atoms with Crippen LogP contribution in [-0.4, -0.2) is 62.3 Å². The van der Waals surface area contributed by atoms with Gasteiger partial charge in [0.1, 0.15) is 11.3 Å². The number of likely N-dealkylation sites (tertiary alicyclic amines) is 1. The summed E-state index contributed by atoms with van der Waals surface area (Å²) in [5, 5.41) is 2.98. The SMILES string of the molecule is CCOC(=O)N1CCC(NC(=O)COC(=O)c2cc(Cl)c(N)cc2OC)CC1. The van der Waals surface area contributed by atoms with Crippen molar-refractivity contribution in [3.05, 3.63) is 22.7 Å². The highest BCUT2D eigenvalue weighted by atomic mass is 35.5. The Balaban J connectivity index is 1.81. The molecular formula is C18H24ClN3O6. The van der Waals surface area contributed by atoms with Gasteiger partial charge in [0, 0.05) is 25.2 Å². The first-order valence-corrected chi connectivity index (χ1v) is 9.24. The van der Waals surface area contributed by atoms with E-state index in [1.54, 1.807) is 11.8 Å². The molecule has 1 aliphatic heterocycles. The molecule has 1 aromatic rings. The van der Waals surface area contributed by atoms with Crippen LogP contribution >= 0.6 is 11.6 Å². The van der Waals surface area contributed by atoms with Crippen LogP contribution in [0.5, 0.6) is 5.75 Å². The molecule has 0 radical (unpaired) electrons. The van der Waals surface area contributed by atoms with Gasteiger partial charge in [-0.1, -0.05) is 11.6 Å². The van der Waals surface area contributed by atoms with Gasteiger partial charge in [-0.25, -0.2) is 9.59 Å². The van der Waals surface area contributed by atoms with Crippen LogP contribution in [0.25, 0.3) is 0 Å². The predicted octanol–water partition coefficient (Wildman–Crippen LogP) is 1.82. The first-order valence-electron chi connectivity index (χ1n) is 8.86. The molecule has 1 heterocycles. The molecule has 2 amide bonds. The number of anilines is 1. The molecule has 1 fully saturated rings. The van der Waals surface area contributed by atoms with Gasteiger partial charge in [-0.05, 0) is 25.8 Å². The molecule has 1 aliphatic rings. The molecule has 154 valence electrons. The van der Waals surface area contributed by atoms with Gasteiger partial charge >= 0.3 is 12.1 Å². The first kappa shape index (κ1) is 21.6. The van der Waals surface area contributed by atoms with E-state index >= 15 is 0 Å². The summed E-state index contributed by atoms with van der Waals surface area (Å²) in [6, 6.07) is 2.65. The lowest BCUT2D eigenvalue weighted by atomic mass is 10.1. The largest absolute Gasteiger partial charge is 0.496 e. The summed E-state index contributed by atoms with van der Waals surface area (Å²) in [5.41, 5.74) is 6.02. The van der Waals surface area contributed by atoms with E-state index < -0.39 is 18.5 Å². The Kier molecular flexibility index (Phi) is 7.74. The average Bonchev–Trinajstić information content (AvgIpc) is 2.68. The van der Waals surface area contributed by atoms with Crippen molar-refractivity contribution in [3.63, 3.8) is 0 Å². The Hall–Kier alpha value is -2.68. The molecule has 9 nitrogen and oxygen atoms in total. The zero-order valence-corrected chi connectivity index (χ0v) is 16.6. The lowest BCUT2D eigenvalue weighted by Crippen LogP contribution is -2.47. The monoisotopic (exact) mass is 413 g/mol. The van der Waals surface area contributed by atoms with Crippen LogP contribution in [0.3, 0.4) is 0 Å². The van der Waals surface area contributed by atoms with Gasteiger partial charge in [0.2, 0.25) is 0 Å². The molecule has 0 bridgehead atoms. The lowest BCUT2D eigenvalue weighted by Gasteiger charge is -2.31. The van der Waals surface area contributed by atoms with Crippen LogP contribution in [0.4, 0.5) is 10.5 Å². The van der Waals surface area contributed by atoms with Gasteiger partial charge < -0.3 is 30.2 Å². The number of nitrogens with two attached hydrogens (primary N) is 1. The second kappa shape index (κ2) is 10.0. The minimum absolute atomic E-state index is 0.0808. The second-order valence-electron chi connectivity index (χ2n) is 6.18. The second-order valence-corrected chi connectivity index (χ2v) is 6.59. The fraction of sp³-hybridized carbons (Fsp3) is 0.500. The van der Waals surface area contributed by atoms with Crippen LogP contribution < -0.4 is 15.8 Å². The fourth-order valence-electron chi connectivity index (χ4n) is 2.80. The molecule has 2 rings (SSSR count). The number of carbonyl (C=O) groups excluding carboxylic acids is 3. The number of carbonyl (C=O) groups is 3. The number of nitrogen functional groups attached to an aromatic ring is 1. The molecular weight excluding hydrogens is 390 g/mol. The maximum Gasteiger partial charge on any atom is 0.409 e. The van der Waals surface area contributed by atoms with Crippen molar-refractivity contribution in [1.29, 1.82) is 0 Å². The summed E-state index contributed by atoms with van der Waals surface area (Å²) in [6.45, 7) is 2.61. The van der Waals surface area contributed by atoms with E-state index in [4.69, 9.17) is 31.5 Å². The smallest absolute Gasteiger partial charge is 0.409 e. The molecule has 1 saturated heterocycles. The standard InChI is InChI=1S/C18H24ClN3O6/c1-3-27-18(25)22-6-4-11(5-7-22)21-16(23)10-28-17(24)12-8-13(19)14(20)9-15(12)26-2/h8-9,11H,3-7,10,20H2,1-2H3,(H,21,23). The van der Waals surface area contributed by atoms with Gasteiger partial charge in [0.05, 0.1) is 24.4 Å². The first-order chi connectivity index (χ1) is 13.3. The Morgan fingerprint density at radius 1 is 1.25 bits per heavy atom. The summed E-state index contributed by atoms with van der Waals surface area (Å²) < 4.78 is 15.1. The minimum Gasteiger partial charge on any atom is -0.496 e. The van der Waals surface area contributed by atoms with Crippen LogP contribution in [0, 0.1) is 0 Å². The summed E-state index contributed by atoms with van der Waals surface area (Å²) in [4.78, 5) is 37.6. The number of methoxy groups -OCH3 is 1. The van der Waals surface area contributed by atoms with E-state index in [0.717, 1.165) is 0 Å². The Bertz CT molecular complexity index is 734. The summed E-state index contributed by atoms with van der Waals surface area (Å²) in [7, 11) is 1.38. The van der Waals surface area contributed by atoms with E-state index in [9.17, 15) is 14.4 Å². The van der Waals surface area contributed by atoms with Crippen LogP contribution in [0.15, 0.2) is 12.1 Å². The highest BCUT2D eigenvalue weighted by Gasteiger charge is 2.25. The van der Waals surface area contributed by atoms with Gasteiger partial charge in [-0.3, -0.25) is 4.79 Å². The van der Waals surface area contributed by atoms with E-state index in [0.29, 0.717) is 32.5 Å². The van der Waals surface area contributed by atoms with Crippen molar-refractivity contribution < 1.29 is 28.6 Å². The van der Waals surface area contributed by atoms with Crippen molar-refractivity contribution in [2.45, 2.75) is 25.8 Å². The number of piperidine rings is 1. The molecule has 28 heavy (non-hydrogen) atoms. The zero-order valence-electron chi connectivity index (χ0n) is 15.8. The number of hydrogen-bond donors (Lipinski definition) is 2. The number of benzene rings is 1. The maximum atomic E-state index is 12.2. The number of halogens is 1. The number of esters is 1. The lowest BCUT2D eigenvalue weighted by molar-refractivity contribution is -0.125. The summed E-state index contributed by atoms with van der Waals surface area (Å²) >= 11 is 5.93. The van der Waals surface area contributed by atoms with Crippen molar-refractivity contribution >= 4 is 35.3 Å². The molecule has 0 unspecified atom stereocenters. The normalized spacial score (nSPS) is 14.3. The van der Waals surface area contributed by atoms with Crippen LogP contribution in [0.2, 0.25) is 5.02 Å². The highest BCUT2D eigenvalue weighted by molar-refractivity contribution is 6.33. The van der Waals surface area contributed by atoms with Crippen LogP contribution in [0.1, 0.15) is 30.1 Å². The third-order valence-electron chi connectivity index (χ3n) is 4.26. The molecule has 0 aliphatic carbocycles. The Morgan fingerprint density at radius 3 is 2.54 bits per heavy atom. The van der Waals surface area contributed by atoms with Gasteiger partial charge in [-0.2, -0.15) is 0 Å². The Morgan fingerprint density at radius 2 is 1.93 bits per heavy atom. The molecule has 0 atom stereocenters. The van der Waals surface area contributed by atoms with Crippen molar-refractivity contribution in [2.75, 3.05) is 39.1 Å². The Labute approximate surface area is 168 Å². The average molecular weight is 414 g/mol. The highest BCUT2D eigenvalue weighted by Crippen LogP contribution is 2.29. The maximum absolute atomic E-state index is 12.2. The van der Waals surface area contributed by atoms with Crippen molar-refractivity contribution in [1.82, 2.24) is 10.2 Å². The van der Waals surface area contributed by atoms with E-state index in [2.05, 4.69) is 5.32 Å². The van der Waals surface area contributed by atoms with Crippen molar-refractivity contribution in [3.8, 4) is 5.75 Å². The number of ether oxygens (including phenoxy) is 3. The topological polar surface area (TPSA) is 120 Å². The van der Waals surface area contributed by atoms with Crippen LogP contribution in [-0.2, 0) is 14.3 Å². The number of rotatable bonds is 6. The number of amides is 2. The third kappa shape index (κ3) is 5.66. The molecule has 0 saturated carbocycles. The van der Waals surface area contributed by atoms with E-state index in [-0.39, 0.29) is 34.2 Å². The van der Waals surface area contributed by atoms with Gasteiger partial charge in [0.15, 0.2) is 6.61 Å². The summed E-state index contributed by atoms with van der Waals surface area (Å²) in [6.07, 6.45) is 0.845. The van der Waals surface area contributed by atoms with Gasteiger partial charge in [0.25, 0.3) is 5.91 Å². The molecule has 0 aromatic heterocycles. The van der Waals surface area contributed by atoms with E-state index in [1.807, 2.05) is 0 Å². The quantitative estimate of drug-likeness (QED) is 0.539. The number of nitrogens with one attached hydrogen (secondary N) is 1. The number of hydrogen-bond acceptors (Lipinski definition) is 7. The molecule has 10 heteroatoms. The van der Waals surface area contributed by atoms with Crippen molar-refractivity contribution in [2.24, 2.45) is 0 Å². The fourth-order valence-corrected chi connectivity index (χ4v) is 2.96. The predicted molar refractivity (Wildman–Crippen MR) is 102 cm³/mol. The number of nitrogens with zero attached hydrogens (tertiary/aromatic N) is 1. The zero-order chi connectivity index (χ0) is 20.7. The minimum atomic E-state index is -0.744. The molecule has 3 N–H and O–H groups in total. The third-order valence-corrected chi connectivity index (χ3v) is 4.59.